The molecule has 3 fully saturated rings. The van der Waals surface area contributed by atoms with Crippen LogP contribution < -0.4 is 5.32 Å². The third kappa shape index (κ3) is 4.45. The molecule has 9 nitrogen and oxygen atoms in total. The lowest BCUT2D eigenvalue weighted by Crippen LogP contribution is -2.52. The van der Waals surface area contributed by atoms with Crippen LogP contribution in [0.1, 0.15) is 52.9 Å². The van der Waals surface area contributed by atoms with Crippen LogP contribution in [0.15, 0.2) is 0 Å². The van der Waals surface area contributed by atoms with Crippen molar-refractivity contribution in [1.29, 1.82) is 0 Å². The Labute approximate surface area is 159 Å². The van der Waals surface area contributed by atoms with Crippen LogP contribution in [-0.2, 0) is 9.53 Å². The maximum absolute atomic E-state index is 12.7. The molecule has 1 unspecified atom stereocenters. The van der Waals surface area contributed by atoms with E-state index in [1.165, 1.54) is 4.90 Å². The van der Waals surface area contributed by atoms with Crippen LogP contribution in [0.4, 0.5) is 9.59 Å². The molecule has 3 atom stereocenters. The van der Waals surface area contributed by atoms with Gasteiger partial charge in [0.2, 0.25) is 5.91 Å². The summed E-state index contributed by atoms with van der Waals surface area (Å²) in [6, 6.07) is -1.27. The van der Waals surface area contributed by atoms with E-state index in [-0.39, 0.29) is 24.1 Å². The lowest BCUT2D eigenvalue weighted by molar-refractivity contribution is -0.126. The van der Waals surface area contributed by atoms with Gasteiger partial charge in [0.05, 0.1) is 6.04 Å². The first-order valence-corrected chi connectivity index (χ1v) is 9.73. The Kier molecular flexibility index (Phi) is 5.50. The summed E-state index contributed by atoms with van der Waals surface area (Å²) in [5, 5.41) is 13.5. The number of carbonyl (C=O) groups is 3. The standard InChI is InChI=1S/C18H30N4O5/c1-18(2,3)27-17(25)20-9-4-5-12(8-10-20)19-15(23)14-7-6-13-11-21(14)16(24)22(13)26/h12-14,26H,4-11H2,1-3H3,(H,19,23)/t12-,13?,14-/m0/s1. The van der Waals surface area contributed by atoms with Gasteiger partial charge in [-0.2, -0.15) is 0 Å². The molecule has 3 heterocycles. The molecular weight excluding hydrogens is 352 g/mol. The summed E-state index contributed by atoms with van der Waals surface area (Å²) in [5.41, 5.74) is -0.529. The first kappa shape index (κ1) is 19.7. The van der Waals surface area contributed by atoms with Crippen molar-refractivity contribution in [3.8, 4) is 0 Å². The molecular formula is C18H30N4O5. The summed E-state index contributed by atoms with van der Waals surface area (Å²) in [6.45, 7) is 7.05. The highest BCUT2D eigenvalue weighted by atomic mass is 16.6. The zero-order chi connectivity index (χ0) is 19.8. The Morgan fingerprint density at radius 2 is 1.89 bits per heavy atom. The number of hydrogen-bond acceptors (Lipinski definition) is 5. The van der Waals surface area contributed by atoms with E-state index in [4.69, 9.17) is 4.74 Å². The molecule has 0 aliphatic carbocycles. The van der Waals surface area contributed by atoms with Crippen molar-refractivity contribution in [3.63, 3.8) is 0 Å². The van der Waals surface area contributed by atoms with Crippen LogP contribution in [0.2, 0.25) is 0 Å². The molecule has 0 saturated carbocycles. The Balaban J connectivity index is 1.52. The molecule has 3 saturated heterocycles. The predicted octanol–water partition coefficient (Wildman–Crippen LogP) is 1.55. The minimum absolute atomic E-state index is 0.0365. The van der Waals surface area contributed by atoms with Crippen LogP contribution in [0, 0.1) is 0 Å². The van der Waals surface area contributed by atoms with Crippen molar-refractivity contribution in [2.75, 3.05) is 19.6 Å². The van der Waals surface area contributed by atoms with E-state index in [1.54, 1.807) is 4.90 Å². The maximum atomic E-state index is 12.7. The highest BCUT2D eigenvalue weighted by Crippen LogP contribution is 2.28. The lowest BCUT2D eigenvalue weighted by Gasteiger charge is -2.30. The summed E-state index contributed by atoms with van der Waals surface area (Å²) < 4.78 is 5.43. The molecule has 152 valence electrons. The summed E-state index contributed by atoms with van der Waals surface area (Å²) in [6.07, 6.45) is 3.06. The summed E-state index contributed by atoms with van der Waals surface area (Å²) in [5.74, 6) is -0.173. The van der Waals surface area contributed by atoms with Crippen LogP contribution in [0.5, 0.6) is 0 Å². The smallest absolute Gasteiger partial charge is 0.410 e. The monoisotopic (exact) mass is 382 g/mol. The van der Waals surface area contributed by atoms with Crippen LogP contribution in [0.25, 0.3) is 0 Å². The second-order valence-corrected chi connectivity index (χ2v) is 8.63. The van der Waals surface area contributed by atoms with E-state index in [0.29, 0.717) is 38.9 Å². The number of piperidine rings is 1. The number of fused-ring (bicyclic) bond motifs is 2. The third-order valence-corrected chi connectivity index (χ3v) is 5.37. The van der Waals surface area contributed by atoms with E-state index in [0.717, 1.165) is 17.9 Å². The van der Waals surface area contributed by atoms with Crippen molar-refractivity contribution < 1.29 is 24.3 Å². The molecule has 3 aliphatic heterocycles. The van der Waals surface area contributed by atoms with Gasteiger partial charge in [-0.05, 0) is 52.9 Å². The minimum Gasteiger partial charge on any atom is -0.444 e. The third-order valence-electron chi connectivity index (χ3n) is 5.37. The average Bonchev–Trinajstić information content (AvgIpc) is 2.76. The number of nitrogens with one attached hydrogen (secondary N) is 1. The SMILES string of the molecule is CC(C)(C)OC(=O)N1CCC[C@H](NC(=O)[C@@H]2CCC3CN2C(=O)N3O)CC1. The predicted molar refractivity (Wildman–Crippen MR) is 96.1 cm³/mol. The summed E-state index contributed by atoms with van der Waals surface area (Å²) in [7, 11) is 0. The average molecular weight is 382 g/mol. The molecule has 0 aromatic rings. The van der Waals surface area contributed by atoms with Gasteiger partial charge >= 0.3 is 12.1 Å². The number of ether oxygens (including phenoxy) is 1. The summed E-state index contributed by atoms with van der Waals surface area (Å²) in [4.78, 5) is 40.1. The van der Waals surface area contributed by atoms with Gasteiger partial charge in [-0.15, -0.1) is 0 Å². The first-order valence-electron chi connectivity index (χ1n) is 9.73. The van der Waals surface area contributed by atoms with Crippen LogP contribution in [-0.4, -0.2) is 81.5 Å². The number of carbonyl (C=O) groups excluding carboxylic acids is 3. The second-order valence-electron chi connectivity index (χ2n) is 8.63. The van der Waals surface area contributed by atoms with Crippen molar-refractivity contribution in [1.82, 2.24) is 20.2 Å². The van der Waals surface area contributed by atoms with Gasteiger partial charge in [0.15, 0.2) is 0 Å². The Hall–Kier alpha value is -2.03. The van der Waals surface area contributed by atoms with Crippen LogP contribution in [0.3, 0.4) is 0 Å². The normalized spacial score (nSPS) is 28.8. The fourth-order valence-electron chi connectivity index (χ4n) is 3.97. The topological polar surface area (TPSA) is 102 Å². The van der Waals surface area contributed by atoms with Gasteiger partial charge in [-0.3, -0.25) is 10.0 Å². The Morgan fingerprint density at radius 1 is 1.15 bits per heavy atom. The molecule has 3 rings (SSSR count). The Bertz CT molecular complexity index is 605. The van der Waals surface area contributed by atoms with Crippen molar-refractivity contribution in [2.45, 2.75) is 76.6 Å². The number of hydroxylamine groups is 2. The molecule has 0 aromatic carbocycles. The fraction of sp³-hybridized carbons (Fsp3) is 0.833. The second kappa shape index (κ2) is 7.53. The quantitative estimate of drug-likeness (QED) is 0.706. The van der Waals surface area contributed by atoms with Gasteiger partial charge in [0.25, 0.3) is 0 Å². The highest BCUT2D eigenvalue weighted by Gasteiger charge is 2.47. The van der Waals surface area contributed by atoms with Crippen molar-refractivity contribution in [3.05, 3.63) is 0 Å². The van der Waals surface area contributed by atoms with E-state index in [9.17, 15) is 19.6 Å². The van der Waals surface area contributed by atoms with Gasteiger partial charge in [-0.25, -0.2) is 14.7 Å². The molecule has 9 heteroatoms. The zero-order valence-corrected chi connectivity index (χ0v) is 16.3. The summed E-state index contributed by atoms with van der Waals surface area (Å²) >= 11 is 0. The maximum Gasteiger partial charge on any atom is 0.410 e. The molecule has 0 radical (unpaired) electrons. The molecule has 27 heavy (non-hydrogen) atoms. The van der Waals surface area contributed by atoms with E-state index < -0.39 is 17.7 Å². The van der Waals surface area contributed by atoms with E-state index >= 15 is 0 Å². The minimum atomic E-state index is -0.531. The van der Waals surface area contributed by atoms with Crippen LogP contribution >= 0.6 is 0 Å². The highest BCUT2D eigenvalue weighted by molar-refractivity contribution is 5.88. The van der Waals surface area contributed by atoms with Gasteiger partial charge < -0.3 is 19.9 Å². The number of hydrogen-bond donors (Lipinski definition) is 2. The van der Waals surface area contributed by atoms with Gasteiger partial charge in [-0.1, -0.05) is 0 Å². The number of likely N-dealkylation sites (tertiary alicyclic amines) is 1. The van der Waals surface area contributed by atoms with Gasteiger partial charge in [0, 0.05) is 25.7 Å². The molecule has 3 aliphatic rings. The zero-order valence-electron chi connectivity index (χ0n) is 16.3. The molecule has 2 bridgehead atoms. The fourth-order valence-corrected chi connectivity index (χ4v) is 3.97. The largest absolute Gasteiger partial charge is 0.444 e. The number of amides is 4. The number of nitrogens with zero attached hydrogens (tertiary/aromatic N) is 3. The molecule has 2 N–H and O–H groups in total. The van der Waals surface area contributed by atoms with Crippen molar-refractivity contribution in [2.24, 2.45) is 0 Å². The molecule has 0 spiro atoms. The van der Waals surface area contributed by atoms with E-state index in [2.05, 4.69) is 5.32 Å². The molecule has 4 amide bonds. The molecule has 0 aromatic heterocycles. The van der Waals surface area contributed by atoms with E-state index in [1.807, 2.05) is 20.8 Å². The lowest BCUT2D eigenvalue weighted by atomic mass is 9.99. The Morgan fingerprint density at radius 3 is 2.59 bits per heavy atom. The number of urea groups is 1. The van der Waals surface area contributed by atoms with Crippen molar-refractivity contribution >= 4 is 18.0 Å². The van der Waals surface area contributed by atoms with Gasteiger partial charge in [0.1, 0.15) is 11.6 Å². The number of rotatable bonds is 2. The first-order chi connectivity index (χ1) is 12.7.